The van der Waals surface area contributed by atoms with E-state index in [4.69, 9.17) is 5.73 Å². The van der Waals surface area contributed by atoms with Crippen molar-refractivity contribution in [2.45, 2.75) is 32.7 Å². The zero-order valence-corrected chi connectivity index (χ0v) is 10.3. The lowest BCUT2D eigenvalue weighted by atomic mass is 10.1. The van der Waals surface area contributed by atoms with Gasteiger partial charge in [0, 0.05) is 24.4 Å². The average Bonchev–Trinajstić information content (AvgIpc) is 2.69. The standard InChI is InChI=1S/C11H17N3OS/c1-2-3-5-14-6-4-8-9(7-14)16-11(13-8)10(12)15/h2-7H2,1H3,(H2,12,15). The minimum absolute atomic E-state index is 0.403. The number of carbonyl (C=O) groups excluding carboxylic acids is 1. The molecule has 1 aliphatic rings. The highest BCUT2D eigenvalue weighted by Gasteiger charge is 2.21. The van der Waals surface area contributed by atoms with Crippen LogP contribution in [0.4, 0.5) is 0 Å². The van der Waals surface area contributed by atoms with E-state index in [9.17, 15) is 4.79 Å². The molecular formula is C11H17N3OS. The number of hydrogen-bond acceptors (Lipinski definition) is 4. The van der Waals surface area contributed by atoms with E-state index < -0.39 is 5.91 Å². The summed E-state index contributed by atoms with van der Waals surface area (Å²) in [6.07, 6.45) is 3.40. The van der Waals surface area contributed by atoms with Crippen molar-refractivity contribution in [1.29, 1.82) is 0 Å². The third-order valence-corrected chi connectivity index (χ3v) is 3.95. The lowest BCUT2D eigenvalue weighted by Gasteiger charge is -2.25. The van der Waals surface area contributed by atoms with Crippen LogP contribution in [0.3, 0.4) is 0 Å². The normalized spacial score (nSPS) is 16.1. The number of rotatable bonds is 4. The van der Waals surface area contributed by atoms with Gasteiger partial charge >= 0.3 is 0 Å². The smallest absolute Gasteiger partial charge is 0.277 e. The Bertz CT molecular complexity index is 389. The summed E-state index contributed by atoms with van der Waals surface area (Å²) in [5.74, 6) is -0.403. The van der Waals surface area contributed by atoms with Crippen molar-refractivity contribution in [2.75, 3.05) is 13.1 Å². The number of unbranched alkanes of at least 4 members (excludes halogenated alkanes) is 1. The van der Waals surface area contributed by atoms with E-state index >= 15 is 0 Å². The van der Waals surface area contributed by atoms with Crippen molar-refractivity contribution >= 4 is 17.2 Å². The second-order valence-corrected chi connectivity index (χ2v) is 5.22. The summed E-state index contributed by atoms with van der Waals surface area (Å²) in [6, 6.07) is 0. The first kappa shape index (κ1) is 11.5. The topological polar surface area (TPSA) is 59.2 Å². The minimum atomic E-state index is -0.403. The Hall–Kier alpha value is -0.940. The Kier molecular flexibility index (Phi) is 3.56. The van der Waals surface area contributed by atoms with Crippen LogP contribution in [0.2, 0.25) is 0 Å². The van der Waals surface area contributed by atoms with E-state index in [0.717, 1.165) is 31.7 Å². The van der Waals surface area contributed by atoms with Crippen LogP contribution in [-0.2, 0) is 13.0 Å². The molecule has 16 heavy (non-hydrogen) atoms. The van der Waals surface area contributed by atoms with E-state index in [0.29, 0.717) is 5.01 Å². The molecule has 0 fully saturated rings. The summed E-state index contributed by atoms with van der Waals surface area (Å²) in [5.41, 5.74) is 6.31. The fourth-order valence-corrected chi connectivity index (χ4v) is 2.93. The number of thiazole rings is 1. The van der Waals surface area contributed by atoms with Gasteiger partial charge in [0.05, 0.1) is 5.69 Å². The predicted octanol–water partition coefficient (Wildman–Crippen LogP) is 1.40. The molecule has 0 spiro atoms. The highest BCUT2D eigenvalue weighted by Crippen LogP contribution is 2.24. The van der Waals surface area contributed by atoms with Gasteiger partial charge in [0.2, 0.25) is 0 Å². The van der Waals surface area contributed by atoms with Crippen molar-refractivity contribution in [3.8, 4) is 0 Å². The fourth-order valence-electron chi connectivity index (χ4n) is 1.93. The van der Waals surface area contributed by atoms with Gasteiger partial charge in [0.15, 0.2) is 5.01 Å². The number of nitrogens with two attached hydrogens (primary N) is 1. The molecule has 88 valence electrons. The molecule has 0 unspecified atom stereocenters. The molecule has 0 aromatic carbocycles. The molecular weight excluding hydrogens is 222 g/mol. The first-order chi connectivity index (χ1) is 7.70. The molecule has 1 amide bonds. The Labute approximate surface area is 99.5 Å². The highest BCUT2D eigenvalue weighted by atomic mass is 32.1. The van der Waals surface area contributed by atoms with Gasteiger partial charge < -0.3 is 5.73 Å². The first-order valence-corrected chi connectivity index (χ1v) is 6.53. The van der Waals surface area contributed by atoms with Gasteiger partial charge in [-0.2, -0.15) is 0 Å². The Balaban J connectivity index is 2.05. The molecule has 0 bridgehead atoms. The molecule has 4 nitrogen and oxygen atoms in total. The molecule has 1 aromatic heterocycles. The minimum Gasteiger partial charge on any atom is -0.364 e. The molecule has 0 atom stereocenters. The van der Waals surface area contributed by atoms with Gasteiger partial charge in [-0.1, -0.05) is 13.3 Å². The fraction of sp³-hybridized carbons (Fsp3) is 0.636. The molecule has 1 aliphatic heterocycles. The summed E-state index contributed by atoms with van der Waals surface area (Å²) in [5, 5.41) is 0.461. The largest absolute Gasteiger partial charge is 0.364 e. The first-order valence-electron chi connectivity index (χ1n) is 5.71. The van der Waals surface area contributed by atoms with Crippen LogP contribution in [0.15, 0.2) is 0 Å². The number of amides is 1. The maximum absolute atomic E-state index is 11.0. The lowest BCUT2D eigenvalue weighted by molar-refractivity contribution is 0.0999. The van der Waals surface area contributed by atoms with Gasteiger partial charge in [-0.3, -0.25) is 9.69 Å². The van der Waals surface area contributed by atoms with Gasteiger partial charge in [-0.15, -0.1) is 11.3 Å². The highest BCUT2D eigenvalue weighted by molar-refractivity contribution is 7.13. The van der Waals surface area contributed by atoms with Crippen LogP contribution in [0.1, 0.15) is 40.1 Å². The lowest BCUT2D eigenvalue weighted by Crippen LogP contribution is -2.30. The number of fused-ring (bicyclic) bond motifs is 1. The quantitative estimate of drug-likeness (QED) is 0.864. The van der Waals surface area contributed by atoms with E-state index in [1.54, 1.807) is 0 Å². The predicted molar refractivity (Wildman–Crippen MR) is 64.5 cm³/mol. The molecule has 0 saturated carbocycles. The molecule has 1 aromatic rings. The average molecular weight is 239 g/mol. The summed E-state index contributed by atoms with van der Waals surface area (Å²) in [6.45, 7) is 5.32. The Morgan fingerprint density at radius 3 is 3.12 bits per heavy atom. The van der Waals surface area contributed by atoms with Crippen LogP contribution >= 0.6 is 11.3 Å². The van der Waals surface area contributed by atoms with Crippen molar-refractivity contribution in [1.82, 2.24) is 9.88 Å². The number of aromatic nitrogens is 1. The molecule has 0 aliphatic carbocycles. The summed E-state index contributed by atoms with van der Waals surface area (Å²) in [7, 11) is 0. The van der Waals surface area contributed by atoms with Crippen molar-refractivity contribution in [3.05, 3.63) is 15.6 Å². The number of carbonyl (C=O) groups is 1. The molecule has 2 rings (SSSR count). The second kappa shape index (κ2) is 4.93. The Morgan fingerprint density at radius 1 is 1.62 bits per heavy atom. The van der Waals surface area contributed by atoms with Gasteiger partial charge in [-0.25, -0.2) is 4.98 Å². The third-order valence-electron chi connectivity index (χ3n) is 2.85. The SMILES string of the molecule is CCCCN1CCc2nc(C(N)=O)sc2C1. The van der Waals surface area contributed by atoms with Crippen LogP contribution in [0.25, 0.3) is 0 Å². The van der Waals surface area contributed by atoms with E-state index in [1.807, 2.05) is 0 Å². The van der Waals surface area contributed by atoms with Crippen LogP contribution < -0.4 is 5.73 Å². The van der Waals surface area contributed by atoms with E-state index in [2.05, 4.69) is 16.8 Å². The number of nitrogens with zero attached hydrogens (tertiary/aromatic N) is 2. The van der Waals surface area contributed by atoms with E-state index in [-0.39, 0.29) is 0 Å². The van der Waals surface area contributed by atoms with Crippen molar-refractivity contribution in [2.24, 2.45) is 5.73 Å². The zero-order chi connectivity index (χ0) is 11.5. The monoisotopic (exact) mass is 239 g/mol. The van der Waals surface area contributed by atoms with Crippen LogP contribution in [-0.4, -0.2) is 28.9 Å². The summed E-state index contributed by atoms with van der Waals surface area (Å²) < 4.78 is 0. The van der Waals surface area contributed by atoms with Crippen molar-refractivity contribution in [3.63, 3.8) is 0 Å². The second-order valence-electron chi connectivity index (χ2n) is 4.13. The van der Waals surface area contributed by atoms with Crippen LogP contribution in [0.5, 0.6) is 0 Å². The molecule has 0 saturated heterocycles. The summed E-state index contributed by atoms with van der Waals surface area (Å²) >= 11 is 1.45. The van der Waals surface area contributed by atoms with Gasteiger partial charge in [0.25, 0.3) is 5.91 Å². The summed E-state index contributed by atoms with van der Waals surface area (Å²) in [4.78, 5) is 19.0. The molecule has 2 heterocycles. The van der Waals surface area contributed by atoms with Crippen LogP contribution in [0, 0.1) is 0 Å². The van der Waals surface area contributed by atoms with E-state index in [1.165, 1.54) is 29.1 Å². The Morgan fingerprint density at radius 2 is 2.44 bits per heavy atom. The zero-order valence-electron chi connectivity index (χ0n) is 9.53. The maximum Gasteiger partial charge on any atom is 0.277 e. The number of primary amides is 1. The third kappa shape index (κ3) is 2.41. The number of hydrogen-bond donors (Lipinski definition) is 1. The van der Waals surface area contributed by atoms with Gasteiger partial charge in [0.1, 0.15) is 0 Å². The van der Waals surface area contributed by atoms with Gasteiger partial charge in [-0.05, 0) is 13.0 Å². The molecule has 2 N–H and O–H groups in total. The molecule has 5 heteroatoms. The maximum atomic E-state index is 11.0. The van der Waals surface area contributed by atoms with Crippen molar-refractivity contribution < 1.29 is 4.79 Å². The molecule has 0 radical (unpaired) electrons.